The quantitative estimate of drug-likeness (QED) is 0.793. The first-order valence-corrected chi connectivity index (χ1v) is 10.5. The van der Waals surface area contributed by atoms with E-state index in [1.165, 1.54) is 0 Å². The molecule has 0 aromatic heterocycles. The monoisotopic (exact) mass is 407 g/mol. The fourth-order valence-electron chi connectivity index (χ4n) is 3.04. The lowest BCUT2D eigenvalue weighted by molar-refractivity contribution is -0.133. The molecular weight excluding hydrogens is 386 g/mol. The molecule has 3 rings (SSSR count). The van der Waals surface area contributed by atoms with Gasteiger partial charge in [-0.3, -0.25) is 4.79 Å². The van der Waals surface area contributed by atoms with Crippen molar-refractivity contribution in [3.05, 3.63) is 64.2 Å². The van der Waals surface area contributed by atoms with Gasteiger partial charge in [-0.1, -0.05) is 29.8 Å². The maximum absolute atomic E-state index is 12.6. The number of hydrogen-bond acceptors (Lipinski definition) is 4. The molecule has 2 aromatic carbocycles. The van der Waals surface area contributed by atoms with Crippen LogP contribution in [0.5, 0.6) is 0 Å². The molecule has 0 saturated carbocycles. The Balaban J connectivity index is 1.72. The normalized spacial score (nSPS) is 15.3. The largest absolute Gasteiger partial charge is 0.337 e. The number of halogens is 1. The van der Waals surface area contributed by atoms with Crippen molar-refractivity contribution in [3.8, 4) is 0 Å². The van der Waals surface area contributed by atoms with E-state index >= 15 is 0 Å². The van der Waals surface area contributed by atoms with Crippen LogP contribution in [0.1, 0.15) is 23.6 Å². The van der Waals surface area contributed by atoms with Gasteiger partial charge in [0, 0.05) is 24.7 Å². The highest BCUT2D eigenvalue weighted by Crippen LogP contribution is 2.23. The van der Waals surface area contributed by atoms with E-state index in [0.717, 1.165) is 16.7 Å². The molecule has 0 radical (unpaired) electrons. The average Bonchev–Trinajstić information content (AvgIpc) is 2.66. The number of hydrogen-bond donors (Lipinski definition) is 2. The van der Waals surface area contributed by atoms with E-state index in [1.807, 2.05) is 0 Å². The fourth-order valence-corrected chi connectivity index (χ4v) is 4.23. The van der Waals surface area contributed by atoms with E-state index in [0.29, 0.717) is 24.5 Å². The minimum atomic E-state index is -3.63. The number of carbonyl (C=O) groups excluding carboxylic acids is 1. The Bertz CT molecular complexity index is 943. The van der Waals surface area contributed by atoms with Gasteiger partial charge in [0.15, 0.2) is 0 Å². The van der Waals surface area contributed by atoms with Gasteiger partial charge in [0.05, 0.1) is 10.9 Å². The zero-order valence-electron chi connectivity index (χ0n) is 15.0. The minimum absolute atomic E-state index is 0.0954. The number of sulfonamides is 1. The van der Waals surface area contributed by atoms with Crippen molar-refractivity contribution in [3.63, 3.8) is 0 Å². The predicted molar refractivity (Wildman–Crippen MR) is 105 cm³/mol. The summed E-state index contributed by atoms with van der Waals surface area (Å²) < 4.78 is 27.8. The molecule has 144 valence electrons. The van der Waals surface area contributed by atoms with E-state index < -0.39 is 16.1 Å². The maximum atomic E-state index is 12.6. The molecule has 0 aliphatic carbocycles. The summed E-state index contributed by atoms with van der Waals surface area (Å²) in [6, 6.07) is 11.5. The summed E-state index contributed by atoms with van der Waals surface area (Å²) in [5, 5.41) is 0.604. The summed E-state index contributed by atoms with van der Waals surface area (Å²) >= 11 is 5.84. The highest BCUT2D eigenvalue weighted by atomic mass is 35.5. The Morgan fingerprint density at radius 1 is 1.22 bits per heavy atom. The van der Waals surface area contributed by atoms with Gasteiger partial charge in [-0.2, -0.15) is 0 Å². The van der Waals surface area contributed by atoms with E-state index in [9.17, 15) is 13.2 Å². The van der Waals surface area contributed by atoms with Gasteiger partial charge in [-0.25, -0.2) is 13.1 Å². The van der Waals surface area contributed by atoms with Crippen LogP contribution in [-0.2, 0) is 34.3 Å². The van der Waals surface area contributed by atoms with Crippen LogP contribution in [-0.4, -0.2) is 31.8 Å². The lowest BCUT2D eigenvalue weighted by atomic mass is 9.99. The second-order valence-corrected chi connectivity index (χ2v) is 8.88. The summed E-state index contributed by atoms with van der Waals surface area (Å²) in [6.07, 6.45) is 0.605. The number of nitrogens with one attached hydrogen (secondary N) is 1. The van der Waals surface area contributed by atoms with Gasteiger partial charge in [-0.05, 0) is 54.3 Å². The number of carbonyl (C=O) groups is 1. The topological polar surface area (TPSA) is 92.5 Å². The Morgan fingerprint density at radius 3 is 2.59 bits per heavy atom. The van der Waals surface area contributed by atoms with Crippen molar-refractivity contribution in [2.45, 2.75) is 37.4 Å². The molecule has 3 N–H and O–H groups in total. The first kappa shape index (κ1) is 19.8. The Labute approximate surface area is 164 Å². The van der Waals surface area contributed by atoms with Crippen molar-refractivity contribution < 1.29 is 13.2 Å². The summed E-state index contributed by atoms with van der Waals surface area (Å²) in [5.74, 6) is -0.0954. The third-order valence-corrected chi connectivity index (χ3v) is 6.23. The number of benzene rings is 2. The van der Waals surface area contributed by atoms with Crippen LogP contribution in [0, 0.1) is 0 Å². The molecule has 0 spiro atoms. The number of fused-ring (bicyclic) bond motifs is 1. The molecule has 0 saturated heterocycles. The van der Waals surface area contributed by atoms with Gasteiger partial charge in [0.2, 0.25) is 15.9 Å². The summed E-state index contributed by atoms with van der Waals surface area (Å²) in [5.41, 5.74) is 8.39. The van der Waals surface area contributed by atoms with Gasteiger partial charge >= 0.3 is 0 Å². The lowest BCUT2D eigenvalue weighted by Crippen LogP contribution is -2.44. The van der Waals surface area contributed by atoms with Crippen LogP contribution in [0.4, 0.5) is 0 Å². The first-order valence-electron chi connectivity index (χ1n) is 8.66. The van der Waals surface area contributed by atoms with Crippen LogP contribution in [0.2, 0.25) is 5.02 Å². The number of rotatable bonds is 5. The SMILES string of the molecule is C[C@@H](N)C(=O)N1CCc2cc(S(=O)(=O)NCc3ccc(Cl)cc3)ccc2C1. The van der Waals surface area contributed by atoms with Crippen LogP contribution in [0.15, 0.2) is 47.4 Å². The molecule has 0 bridgehead atoms. The van der Waals surface area contributed by atoms with Crippen LogP contribution < -0.4 is 10.5 Å². The minimum Gasteiger partial charge on any atom is -0.337 e. The molecular formula is C19H22ClN3O3S. The lowest BCUT2D eigenvalue weighted by Gasteiger charge is -2.30. The third-order valence-electron chi connectivity index (χ3n) is 4.58. The number of nitrogens with two attached hydrogens (primary N) is 1. The van der Waals surface area contributed by atoms with Gasteiger partial charge in [0.25, 0.3) is 0 Å². The maximum Gasteiger partial charge on any atom is 0.240 e. The van der Waals surface area contributed by atoms with Crippen molar-refractivity contribution >= 4 is 27.5 Å². The van der Waals surface area contributed by atoms with Gasteiger partial charge in [-0.15, -0.1) is 0 Å². The molecule has 27 heavy (non-hydrogen) atoms. The van der Waals surface area contributed by atoms with Gasteiger partial charge in [0.1, 0.15) is 0 Å². The summed E-state index contributed by atoms with van der Waals surface area (Å²) in [7, 11) is -3.63. The zero-order valence-corrected chi connectivity index (χ0v) is 16.6. The van der Waals surface area contributed by atoms with Crippen LogP contribution >= 0.6 is 11.6 Å². The molecule has 1 heterocycles. The number of amides is 1. The van der Waals surface area contributed by atoms with Crippen molar-refractivity contribution in [2.24, 2.45) is 5.73 Å². The number of nitrogens with zero attached hydrogens (tertiary/aromatic N) is 1. The molecule has 1 aliphatic rings. The second kappa shape index (κ2) is 7.98. The second-order valence-electron chi connectivity index (χ2n) is 6.68. The molecule has 6 nitrogen and oxygen atoms in total. The molecule has 1 aliphatic heterocycles. The fraction of sp³-hybridized carbons (Fsp3) is 0.316. The van der Waals surface area contributed by atoms with E-state index in [4.69, 9.17) is 17.3 Å². The smallest absolute Gasteiger partial charge is 0.240 e. The average molecular weight is 408 g/mol. The third kappa shape index (κ3) is 4.68. The Hall–Kier alpha value is -1.93. The highest BCUT2D eigenvalue weighted by Gasteiger charge is 2.24. The Morgan fingerprint density at radius 2 is 1.93 bits per heavy atom. The van der Waals surface area contributed by atoms with Crippen LogP contribution in [0.3, 0.4) is 0 Å². The molecule has 1 atom stereocenters. The van der Waals surface area contributed by atoms with Crippen molar-refractivity contribution in [1.29, 1.82) is 0 Å². The zero-order chi connectivity index (χ0) is 19.6. The van der Waals surface area contributed by atoms with Gasteiger partial charge < -0.3 is 10.6 Å². The van der Waals surface area contributed by atoms with Crippen molar-refractivity contribution in [1.82, 2.24) is 9.62 Å². The van der Waals surface area contributed by atoms with E-state index in [2.05, 4.69) is 4.72 Å². The first-order chi connectivity index (χ1) is 12.8. The molecule has 8 heteroatoms. The predicted octanol–water partition coefficient (Wildman–Crippen LogP) is 2.05. The molecule has 1 amide bonds. The molecule has 2 aromatic rings. The van der Waals surface area contributed by atoms with Crippen LogP contribution in [0.25, 0.3) is 0 Å². The van der Waals surface area contributed by atoms with E-state index in [1.54, 1.807) is 54.3 Å². The molecule has 0 unspecified atom stereocenters. The highest BCUT2D eigenvalue weighted by molar-refractivity contribution is 7.89. The summed E-state index contributed by atoms with van der Waals surface area (Å²) in [4.78, 5) is 14.0. The summed E-state index contributed by atoms with van der Waals surface area (Å²) in [6.45, 7) is 2.84. The standard InChI is InChI=1S/C19H22ClN3O3S/c1-13(21)19(24)23-9-8-15-10-18(7-4-16(15)12-23)27(25,26)22-11-14-2-5-17(20)6-3-14/h2-7,10,13,22H,8-9,11-12,21H2,1H3/t13-/m1/s1. The Kier molecular flexibility index (Phi) is 5.86. The van der Waals surface area contributed by atoms with Crippen molar-refractivity contribution in [2.75, 3.05) is 6.54 Å². The molecule has 0 fully saturated rings. The van der Waals surface area contributed by atoms with E-state index in [-0.39, 0.29) is 17.3 Å².